The van der Waals surface area contributed by atoms with Crippen LogP contribution in [0, 0.1) is 0 Å². The molecule has 1 aromatic rings. The number of carbonyl (C=O) groups is 2. The normalized spacial score (nSPS) is 15.1. The first-order valence-electron chi connectivity index (χ1n) is 4.71. The Hall–Kier alpha value is -2.02. The van der Waals surface area contributed by atoms with Crippen molar-refractivity contribution in [2.45, 2.75) is 6.54 Å². The summed E-state index contributed by atoms with van der Waals surface area (Å²) in [5.41, 5.74) is 2.33. The van der Waals surface area contributed by atoms with E-state index in [1.165, 1.54) is 17.2 Å². The number of carbonyl (C=O) groups excluding carboxylic acids is 2. The SMILES string of the molecule is NNC(=O)c1ccoc1CN1CCOC1=O. The average Bonchev–Trinajstić information content (AvgIpc) is 2.88. The Kier molecular flexibility index (Phi) is 2.78. The predicted octanol–water partition coefficient (Wildman–Crippen LogP) is -0.165. The highest BCUT2D eigenvalue weighted by Gasteiger charge is 2.25. The Balaban J connectivity index is 2.12. The van der Waals surface area contributed by atoms with Gasteiger partial charge in [0.2, 0.25) is 0 Å². The monoisotopic (exact) mass is 225 g/mol. The van der Waals surface area contributed by atoms with Crippen LogP contribution >= 0.6 is 0 Å². The molecule has 1 aliphatic heterocycles. The van der Waals surface area contributed by atoms with Crippen LogP contribution in [0.5, 0.6) is 0 Å². The second-order valence-corrected chi connectivity index (χ2v) is 3.27. The minimum atomic E-state index is -0.448. The second kappa shape index (κ2) is 4.23. The molecule has 1 fully saturated rings. The van der Waals surface area contributed by atoms with Crippen molar-refractivity contribution in [2.24, 2.45) is 5.84 Å². The number of cyclic esters (lactones) is 1. The van der Waals surface area contributed by atoms with Crippen molar-refractivity contribution in [1.82, 2.24) is 10.3 Å². The average molecular weight is 225 g/mol. The van der Waals surface area contributed by atoms with Crippen LogP contribution in [0.3, 0.4) is 0 Å². The molecular formula is C9H11N3O4. The largest absolute Gasteiger partial charge is 0.467 e. The van der Waals surface area contributed by atoms with Gasteiger partial charge < -0.3 is 9.15 Å². The van der Waals surface area contributed by atoms with Crippen LogP contribution < -0.4 is 11.3 Å². The number of hydrazine groups is 1. The van der Waals surface area contributed by atoms with Crippen LogP contribution in [-0.2, 0) is 11.3 Å². The molecule has 0 saturated carbocycles. The number of hydrogen-bond acceptors (Lipinski definition) is 5. The van der Waals surface area contributed by atoms with Gasteiger partial charge >= 0.3 is 6.09 Å². The van der Waals surface area contributed by atoms with Gasteiger partial charge in [-0.1, -0.05) is 0 Å². The quantitative estimate of drug-likeness (QED) is 0.423. The molecule has 3 N–H and O–H groups in total. The van der Waals surface area contributed by atoms with Gasteiger partial charge in [0.15, 0.2) is 0 Å². The predicted molar refractivity (Wildman–Crippen MR) is 52.1 cm³/mol. The number of nitrogens with zero attached hydrogens (tertiary/aromatic N) is 1. The van der Waals surface area contributed by atoms with Crippen LogP contribution in [-0.4, -0.2) is 30.1 Å². The summed E-state index contributed by atoms with van der Waals surface area (Å²) in [4.78, 5) is 24.0. The number of rotatable bonds is 3. The third kappa shape index (κ3) is 1.84. The first-order chi connectivity index (χ1) is 7.72. The number of nitrogens with two attached hydrogens (primary N) is 1. The highest BCUT2D eigenvalue weighted by molar-refractivity contribution is 5.94. The van der Waals surface area contributed by atoms with Crippen LogP contribution in [0.2, 0.25) is 0 Å². The molecule has 86 valence electrons. The number of ether oxygens (including phenoxy) is 1. The lowest BCUT2D eigenvalue weighted by atomic mass is 10.2. The van der Waals surface area contributed by atoms with E-state index in [9.17, 15) is 9.59 Å². The number of amides is 2. The van der Waals surface area contributed by atoms with E-state index in [0.29, 0.717) is 24.5 Å². The number of nitrogens with one attached hydrogen (secondary N) is 1. The molecule has 1 aliphatic rings. The lowest BCUT2D eigenvalue weighted by Crippen LogP contribution is -2.31. The summed E-state index contributed by atoms with van der Waals surface area (Å²) in [6.07, 6.45) is 0.969. The molecule has 0 bridgehead atoms. The molecule has 7 heteroatoms. The number of hydrogen-bond donors (Lipinski definition) is 2. The van der Waals surface area contributed by atoms with E-state index in [-0.39, 0.29) is 6.54 Å². The summed E-state index contributed by atoms with van der Waals surface area (Å²) in [6.45, 7) is 1.05. The van der Waals surface area contributed by atoms with Gasteiger partial charge in [0.25, 0.3) is 5.91 Å². The molecule has 0 spiro atoms. The lowest BCUT2D eigenvalue weighted by Gasteiger charge is -2.11. The van der Waals surface area contributed by atoms with Crippen molar-refractivity contribution in [2.75, 3.05) is 13.2 Å². The Morgan fingerprint density at radius 1 is 1.62 bits per heavy atom. The van der Waals surface area contributed by atoms with E-state index in [0.717, 1.165) is 0 Å². The fourth-order valence-electron chi connectivity index (χ4n) is 1.49. The minimum absolute atomic E-state index is 0.203. The highest BCUT2D eigenvalue weighted by atomic mass is 16.6. The zero-order valence-corrected chi connectivity index (χ0v) is 8.43. The molecule has 2 rings (SSSR count). The highest BCUT2D eigenvalue weighted by Crippen LogP contribution is 2.15. The number of nitrogen functional groups attached to an aromatic ring is 1. The molecule has 0 unspecified atom stereocenters. The summed E-state index contributed by atoms with van der Waals surface area (Å²) in [7, 11) is 0. The first-order valence-corrected chi connectivity index (χ1v) is 4.71. The smallest absolute Gasteiger partial charge is 0.410 e. The van der Waals surface area contributed by atoms with Crippen molar-refractivity contribution in [3.05, 3.63) is 23.7 Å². The number of furan rings is 1. The second-order valence-electron chi connectivity index (χ2n) is 3.27. The molecule has 1 saturated heterocycles. The Morgan fingerprint density at radius 2 is 2.44 bits per heavy atom. The van der Waals surface area contributed by atoms with Gasteiger partial charge in [-0.05, 0) is 6.07 Å². The Labute approximate surface area is 91.1 Å². The van der Waals surface area contributed by atoms with Crippen LogP contribution in [0.1, 0.15) is 16.1 Å². The molecule has 2 amide bonds. The summed E-state index contributed by atoms with van der Waals surface area (Å²) >= 11 is 0. The first kappa shape index (κ1) is 10.5. The van der Waals surface area contributed by atoms with E-state index in [2.05, 4.69) is 0 Å². The van der Waals surface area contributed by atoms with E-state index in [1.54, 1.807) is 0 Å². The van der Waals surface area contributed by atoms with Crippen LogP contribution in [0.25, 0.3) is 0 Å². The summed E-state index contributed by atoms with van der Waals surface area (Å²) < 4.78 is 9.89. The van der Waals surface area contributed by atoms with Crippen LogP contribution in [0.4, 0.5) is 4.79 Å². The van der Waals surface area contributed by atoms with Crippen molar-refractivity contribution < 1.29 is 18.7 Å². The molecular weight excluding hydrogens is 214 g/mol. The molecule has 0 radical (unpaired) electrons. The van der Waals surface area contributed by atoms with Gasteiger partial charge in [-0.3, -0.25) is 15.1 Å². The Morgan fingerprint density at radius 3 is 3.06 bits per heavy atom. The van der Waals surface area contributed by atoms with Gasteiger partial charge in [-0.15, -0.1) is 0 Å². The fraction of sp³-hybridized carbons (Fsp3) is 0.333. The third-order valence-electron chi connectivity index (χ3n) is 2.30. The standard InChI is InChI=1S/C9H11N3O4/c10-11-8(13)6-1-3-15-7(6)5-12-2-4-16-9(12)14/h1,3H,2,4-5,10H2,(H,11,13). The maximum Gasteiger partial charge on any atom is 0.410 e. The van der Waals surface area contributed by atoms with Gasteiger partial charge in [0.05, 0.1) is 24.9 Å². The van der Waals surface area contributed by atoms with Gasteiger partial charge in [-0.25, -0.2) is 10.6 Å². The van der Waals surface area contributed by atoms with E-state index in [4.69, 9.17) is 15.0 Å². The van der Waals surface area contributed by atoms with Gasteiger partial charge in [-0.2, -0.15) is 0 Å². The maximum atomic E-state index is 11.3. The van der Waals surface area contributed by atoms with Crippen molar-refractivity contribution in [3.63, 3.8) is 0 Å². The molecule has 0 aromatic carbocycles. The summed E-state index contributed by atoms with van der Waals surface area (Å²) in [6, 6.07) is 1.50. The molecule has 7 nitrogen and oxygen atoms in total. The van der Waals surface area contributed by atoms with Crippen molar-refractivity contribution in [3.8, 4) is 0 Å². The van der Waals surface area contributed by atoms with E-state index < -0.39 is 12.0 Å². The maximum absolute atomic E-state index is 11.3. The molecule has 0 aliphatic carbocycles. The molecule has 1 aromatic heterocycles. The molecule has 16 heavy (non-hydrogen) atoms. The fourth-order valence-corrected chi connectivity index (χ4v) is 1.49. The van der Waals surface area contributed by atoms with Gasteiger partial charge in [0.1, 0.15) is 12.4 Å². The third-order valence-corrected chi connectivity index (χ3v) is 2.30. The summed E-state index contributed by atoms with van der Waals surface area (Å²) in [5, 5.41) is 0. The van der Waals surface area contributed by atoms with E-state index in [1.807, 2.05) is 5.43 Å². The summed E-state index contributed by atoms with van der Waals surface area (Å²) in [5.74, 6) is 4.96. The topological polar surface area (TPSA) is 97.8 Å². The van der Waals surface area contributed by atoms with Crippen molar-refractivity contribution >= 4 is 12.0 Å². The zero-order chi connectivity index (χ0) is 11.5. The van der Waals surface area contributed by atoms with Crippen LogP contribution in [0.15, 0.2) is 16.7 Å². The molecule has 2 heterocycles. The van der Waals surface area contributed by atoms with E-state index >= 15 is 0 Å². The van der Waals surface area contributed by atoms with Crippen molar-refractivity contribution in [1.29, 1.82) is 0 Å². The molecule has 0 atom stereocenters. The zero-order valence-electron chi connectivity index (χ0n) is 8.43. The lowest BCUT2D eigenvalue weighted by molar-refractivity contribution is 0.0949. The van der Waals surface area contributed by atoms with Gasteiger partial charge in [0, 0.05) is 0 Å². The Bertz CT molecular complexity index is 415. The minimum Gasteiger partial charge on any atom is -0.467 e.